The quantitative estimate of drug-likeness (QED) is 0.410. The molecule has 0 saturated carbocycles. The third-order valence-corrected chi connectivity index (χ3v) is 1.99. The summed E-state index contributed by atoms with van der Waals surface area (Å²) in [5.74, 6) is 0.928. The van der Waals surface area contributed by atoms with Gasteiger partial charge in [-0.3, -0.25) is 0 Å². The maximum absolute atomic E-state index is 4.27. The van der Waals surface area contributed by atoms with Gasteiger partial charge in [0.1, 0.15) is 5.82 Å². The lowest BCUT2D eigenvalue weighted by Crippen LogP contribution is -2.28. The van der Waals surface area contributed by atoms with Gasteiger partial charge < -0.3 is 16.0 Å². The normalized spacial score (nSPS) is 14.5. The number of hydrogen-bond donors (Lipinski definition) is 3. The molecule has 0 aliphatic carbocycles. The summed E-state index contributed by atoms with van der Waals surface area (Å²) in [7, 11) is 1.94. The minimum absolute atomic E-state index is 0.329. The summed E-state index contributed by atoms with van der Waals surface area (Å²) in [6, 6.07) is 0.329. The van der Waals surface area contributed by atoms with Gasteiger partial charge in [0, 0.05) is 25.3 Å². The predicted octanol–water partition coefficient (Wildman–Crippen LogP) is 0.726. The number of hydrogen-bond acceptors (Lipinski definition) is 4. The molecule has 0 aliphatic heterocycles. The number of aliphatic imine (C=N–C) groups is 1. The van der Waals surface area contributed by atoms with E-state index in [2.05, 4.69) is 40.9 Å². The van der Waals surface area contributed by atoms with E-state index in [0.29, 0.717) is 6.04 Å². The number of likely N-dealkylation sites (N-methyl/N-ethyl adjacent to an activating group) is 2. The van der Waals surface area contributed by atoms with Gasteiger partial charge in [0.25, 0.3) is 0 Å². The van der Waals surface area contributed by atoms with Crippen LogP contribution in [0.3, 0.4) is 0 Å². The molecule has 0 radical (unpaired) electrons. The van der Waals surface area contributed by atoms with Crippen LogP contribution in [0.2, 0.25) is 0 Å². The lowest BCUT2D eigenvalue weighted by molar-refractivity contribution is 0.658. The SMILES string of the molecule is C/C=N\C(=C/C(C)NC)NCCNCC. The Morgan fingerprint density at radius 3 is 2.67 bits per heavy atom. The lowest BCUT2D eigenvalue weighted by Gasteiger charge is -2.10. The second-order valence-corrected chi connectivity index (χ2v) is 3.30. The standard InChI is InChI=1S/C11H24N4/c1-5-13-7-8-15-11(14-6-2)9-10(3)12-4/h6,9-10,12-13,15H,5,7-8H2,1-4H3/b11-9+,14-6-. The Bertz CT molecular complexity index is 199. The summed E-state index contributed by atoms with van der Waals surface area (Å²) in [5.41, 5.74) is 0. The lowest BCUT2D eigenvalue weighted by atomic mass is 10.3. The Kier molecular flexibility index (Phi) is 9.11. The van der Waals surface area contributed by atoms with Crippen LogP contribution < -0.4 is 16.0 Å². The zero-order valence-corrected chi connectivity index (χ0v) is 10.3. The molecule has 0 aromatic heterocycles. The molecular weight excluding hydrogens is 188 g/mol. The molecule has 0 spiro atoms. The van der Waals surface area contributed by atoms with Gasteiger partial charge in [-0.25, -0.2) is 4.99 Å². The fourth-order valence-corrected chi connectivity index (χ4v) is 1.06. The molecule has 0 aliphatic rings. The third kappa shape index (κ3) is 8.15. The molecule has 4 nitrogen and oxygen atoms in total. The van der Waals surface area contributed by atoms with Crippen LogP contribution in [0.15, 0.2) is 16.9 Å². The molecule has 0 amide bonds. The van der Waals surface area contributed by atoms with E-state index in [-0.39, 0.29) is 0 Å². The summed E-state index contributed by atoms with van der Waals surface area (Å²) in [5, 5.41) is 9.69. The topological polar surface area (TPSA) is 48.5 Å². The Morgan fingerprint density at radius 1 is 1.40 bits per heavy atom. The highest BCUT2D eigenvalue weighted by atomic mass is 15.0. The van der Waals surface area contributed by atoms with Crippen molar-refractivity contribution in [1.82, 2.24) is 16.0 Å². The molecule has 0 aromatic carbocycles. The molecule has 0 fully saturated rings. The zero-order valence-electron chi connectivity index (χ0n) is 10.3. The van der Waals surface area contributed by atoms with Gasteiger partial charge in [0.2, 0.25) is 0 Å². The number of nitrogens with zero attached hydrogens (tertiary/aromatic N) is 1. The molecule has 88 valence electrons. The van der Waals surface area contributed by atoms with Crippen molar-refractivity contribution in [2.75, 3.05) is 26.7 Å². The van der Waals surface area contributed by atoms with Crippen LogP contribution in [0.4, 0.5) is 0 Å². The van der Waals surface area contributed by atoms with Crippen LogP contribution in [0.5, 0.6) is 0 Å². The Balaban J connectivity index is 3.98. The summed E-state index contributed by atoms with van der Waals surface area (Å²) in [6.45, 7) is 8.98. The van der Waals surface area contributed by atoms with Crippen molar-refractivity contribution in [3.05, 3.63) is 11.9 Å². The molecule has 1 unspecified atom stereocenters. The van der Waals surface area contributed by atoms with Crippen LogP contribution in [0.1, 0.15) is 20.8 Å². The second kappa shape index (κ2) is 9.68. The molecular formula is C11H24N4. The van der Waals surface area contributed by atoms with E-state index in [1.807, 2.05) is 14.0 Å². The predicted molar refractivity (Wildman–Crippen MR) is 67.3 cm³/mol. The molecule has 0 heterocycles. The van der Waals surface area contributed by atoms with Crippen molar-refractivity contribution < 1.29 is 0 Å². The summed E-state index contributed by atoms with van der Waals surface area (Å²) >= 11 is 0. The van der Waals surface area contributed by atoms with Crippen molar-refractivity contribution in [3.63, 3.8) is 0 Å². The van der Waals surface area contributed by atoms with Crippen molar-refractivity contribution in [2.45, 2.75) is 26.8 Å². The van der Waals surface area contributed by atoms with Gasteiger partial charge >= 0.3 is 0 Å². The first-order chi connectivity index (χ1) is 7.24. The van der Waals surface area contributed by atoms with Crippen LogP contribution in [-0.2, 0) is 0 Å². The Morgan fingerprint density at radius 2 is 2.13 bits per heavy atom. The third-order valence-electron chi connectivity index (χ3n) is 1.99. The summed E-state index contributed by atoms with van der Waals surface area (Å²) in [6.07, 6.45) is 3.88. The fourth-order valence-electron chi connectivity index (χ4n) is 1.06. The number of nitrogens with one attached hydrogen (secondary N) is 3. The van der Waals surface area contributed by atoms with Crippen molar-refractivity contribution in [2.24, 2.45) is 4.99 Å². The summed E-state index contributed by atoms with van der Waals surface area (Å²) in [4.78, 5) is 4.27. The first-order valence-electron chi connectivity index (χ1n) is 5.56. The van der Waals surface area contributed by atoms with Gasteiger partial charge in [0.15, 0.2) is 0 Å². The highest BCUT2D eigenvalue weighted by Gasteiger charge is 1.96. The average Bonchev–Trinajstić information content (AvgIpc) is 2.24. The monoisotopic (exact) mass is 212 g/mol. The Labute approximate surface area is 93.2 Å². The first-order valence-corrected chi connectivity index (χ1v) is 5.56. The number of rotatable bonds is 8. The maximum Gasteiger partial charge on any atom is 0.123 e. The van der Waals surface area contributed by atoms with E-state index >= 15 is 0 Å². The molecule has 0 rings (SSSR count). The highest BCUT2D eigenvalue weighted by molar-refractivity contribution is 5.55. The van der Waals surface area contributed by atoms with Gasteiger partial charge in [-0.2, -0.15) is 0 Å². The van der Waals surface area contributed by atoms with E-state index in [4.69, 9.17) is 0 Å². The van der Waals surface area contributed by atoms with Gasteiger partial charge in [-0.05, 0) is 33.5 Å². The Hall–Kier alpha value is -0.870. The highest BCUT2D eigenvalue weighted by Crippen LogP contribution is 1.93. The summed E-state index contributed by atoms with van der Waals surface area (Å²) < 4.78 is 0. The van der Waals surface area contributed by atoms with Crippen molar-refractivity contribution in [3.8, 4) is 0 Å². The molecule has 0 saturated heterocycles. The largest absolute Gasteiger partial charge is 0.369 e. The maximum atomic E-state index is 4.27. The smallest absolute Gasteiger partial charge is 0.123 e. The van der Waals surface area contributed by atoms with E-state index in [9.17, 15) is 0 Å². The van der Waals surface area contributed by atoms with Crippen molar-refractivity contribution >= 4 is 6.21 Å². The molecule has 1 atom stereocenters. The van der Waals surface area contributed by atoms with E-state index < -0.39 is 0 Å². The molecule has 0 aromatic rings. The van der Waals surface area contributed by atoms with Crippen LogP contribution in [-0.4, -0.2) is 38.9 Å². The molecule has 4 heteroatoms. The van der Waals surface area contributed by atoms with Gasteiger partial charge in [-0.15, -0.1) is 0 Å². The minimum Gasteiger partial charge on any atom is -0.369 e. The molecule has 3 N–H and O–H groups in total. The molecule has 0 bridgehead atoms. The zero-order chi connectivity index (χ0) is 11.5. The fraction of sp³-hybridized carbons (Fsp3) is 0.727. The molecule has 15 heavy (non-hydrogen) atoms. The van der Waals surface area contributed by atoms with E-state index in [1.54, 1.807) is 6.21 Å². The van der Waals surface area contributed by atoms with Crippen LogP contribution in [0, 0.1) is 0 Å². The van der Waals surface area contributed by atoms with Crippen LogP contribution >= 0.6 is 0 Å². The van der Waals surface area contributed by atoms with Gasteiger partial charge in [0.05, 0.1) is 0 Å². The average molecular weight is 212 g/mol. The van der Waals surface area contributed by atoms with Gasteiger partial charge in [-0.1, -0.05) is 6.92 Å². The van der Waals surface area contributed by atoms with E-state index in [0.717, 1.165) is 25.5 Å². The first kappa shape index (κ1) is 14.1. The van der Waals surface area contributed by atoms with Crippen molar-refractivity contribution in [1.29, 1.82) is 0 Å². The van der Waals surface area contributed by atoms with E-state index in [1.165, 1.54) is 0 Å². The van der Waals surface area contributed by atoms with Crippen LogP contribution in [0.25, 0.3) is 0 Å². The second-order valence-electron chi connectivity index (χ2n) is 3.30. The minimum atomic E-state index is 0.329.